The van der Waals surface area contributed by atoms with Crippen molar-refractivity contribution < 1.29 is 41.4 Å². The Kier molecular flexibility index (Phi) is 5.54. The first-order chi connectivity index (χ1) is 10.4. The van der Waals surface area contributed by atoms with Crippen LogP contribution in [0.3, 0.4) is 0 Å². The second-order valence-electron chi connectivity index (χ2n) is 4.24. The van der Waals surface area contributed by atoms with Gasteiger partial charge in [-0.1, -0.05) is 0 Å². The number of nitrogens with one attached hydrogen (secondary N) is 1. The van der Waals surface area contributed by atoms with Crippen molar-refractivity contribution in [1.82, 2.24) is 0 Å². The van der Waals surface area contributed by atoms with E-state index in [4.69, 9.17) is 11.6 Å². The van der Waals surface area contributed by atoms with E-state index in [0.29, 0.717) is 19.2 Å². The summed E-state index contributed by atoms with van der Waals surface area (Å²) >= 11 is 5.27. The van der Waals surface area contributed by atoms with E-state index in [-0.39, 0.29) is 0 Å². The van der Waals surface area contributed by atoms with Crippen LogP contribution in [-0.4, -0.2) is 41.2 Å². The molecule has 1 amide bonds. The number of halogens is 6. The summed E-state index contributed by atoms with van der Waals surface area (Å²) in [6, 6.07) is 1.91. The van der Waals surface area contributed by atoms with Crippen LogP contribution in [0.5, 0.6) is 0 Å². The molecule has 2 unspecified atom stereocenters. The normalized spacial score (nSPS) is 15.5. The molecule has 2 atom stereocenters. The van der Waals surface area contributed by atoms with Crippen LogP contribution in [0.1, 0.15) is 0 Å². The summed E-state index contributed by atoms with van der Waals surface area (Å²) in [5.41, 5.74) is -4.76. The Morgan fingerprint density at radius 3 is 2.26 bits per heavy atom. The van der Waals surface area contributed by atoms with Gasteiger partial charge in [0.2, 0.25) is 5.91 Å². The molecule has 0 bridgehead atoms. The van der Waals surface area contributed by atoms with Gasteiger partial charge in [-0.3, -0.25) is 4.79 Å². The third-order valence-corrected chi connectivity index (χ3v) is 3.23. The number of anilines is 1. The van der Waals surface area contributed by atoms with E-state index in [1.165, 1.54) is 0 Å². The molecule has 5 nitrogen and oxygen atoms in total. The fourth-order valence-electron chi connectivity index (χ4n) is 1.49. The van der Waals surface area contributed by atoms with E-state index in [0.717, 1.165) is 6.07 Å². The van der Waals surface area contributed by atoms with Crippen molar-refractivity contribution in [2.45, 2.75) is 17.2 Å². The number of benzene rings is 1. The van der Waals surface area contributed by atoms with Gasteiger partial charge in [0.05, 0.1) is 7.11 Å². The van der Waals surface area contributed by atoms with Gasteiger partial charge in [-0.2, -0.15) is 13.2 Å². The van der Waals surface area contributed by atoms with Gasteiger partial charge in [-0.15, -0.1) is 11.6 Å². The van der Waals surface area contributed by atoms with Crippen LogP contribution >= 0.6 is 11.6 Å². The summed E-state index contributed by atoms with van der Waals surface area (Å²) in [7, 11) is 0.551. The summed E-state index contributed by atoms with van der Waals surface area (Å²) in [4.78, 5) is 22.9. The first-order valence-electron chi connectivity index (χ1n) is 5.72. The molecule has 2 N–H and O–H groups in total. The van der Waals surface area contributed by atoms with Crippen molar-refractivity contribution in [2.24, 2.45) is 0 Å². The molecule has 0 saturated carbocycles. The van der Waals surface area contributed by atoms with Crippen LogP contribution in [0, 0.1) is 11.6 Å². The van der Waals surface area contributed by atoms with Crippen LogP contribution in [0.15, 0.2) is 18.2 Å². The number of hydrogen-bond donors (Lipinski definition) is 2. The average molecular weight is 362 g/mol. The number of methoxy groups -OCH3 is 1. The minimum Gasteiger partial charge on any atom is -0.467 e. The SMILES string of the molecule is COC(=O)C(O)(C(Cl)C(=O)Nc1ccc(F)c(F)c1)C(F)(F)F. The number of alkyl halides is 4. The van der Waals surface area contributed by atoms with Crippen molar-refractivity contribution in [3.8, 4) is 0 Å². The van der Waals surface area contributed by atoms with Crippen LogP contribution in [0.25, 0.3) is 0 Å². The Bertz CT molecular complexity index is 624. The second-order valence-corrected chi connectivity index (χ2v) is 4.67. The maximum Gasteiger partial charge on any atom is 0.430 e. The molecular formula is C12H9ClF5NO4. The molecule has 0 spiro atoms. The van der Waals surface area contributed by atoms with Gasteiger partial charge < -0.3 is 15.2 Å². The Morgan fingerprint density at radius 1 is 1.26 bits per heavy atom. The fourth-order valence-corrected chi connectivity index (χ4v) is 1.76. The third kappa shape index (κ3) is 3.70. The number of hydrogen-bond acceptors (Lipinski definition) is 4. The van der Waals surface area contributed by atoms with Crippen molar-refractivity contribution in [2.75, 3.05) is 12.4 Å². The predicted molar refractivity (Wildman–Crippen MR) is 67.6 cm³/mol. The van der Waals surface area contributed by atoms with Crippen LogP contribution < -0.4 is 5.32 Å². The lowest BCUT2D eigenvalue weighted by Gasteiger charge is -2.30. The van der Waals surface area contributed by atoms with E-state index in [1.54, 1.807) is 5.32 Å². The number of amides is 1. The molecule has 0 fully saturated rings. The monoisotopic (exact) mass is 361 g/mol. The first-order valence-corrected chi connectivity index (χ1v) is 6.16. The molecule has 128 valence electrons. The summed E-state index contributed by atoms with van der Waals surface area (Å²) in [5.74, 6) is -6.52. The molecule has 0 heterocycles. The fraction of sp³-hybridized carbons (Fsp3) is 0.333. The number of carbonyl (C=O) groups excluding carboxylic acids is 2. The van der Waals surface area contributed by atoms with Gasteiger partial charge in [0.15, 0.2) is 17.0 Å². The van der Waals surface area contributed by atoms with Gasteiger partial charge in [-0.05, 0) is 12.1 Å². The van der Waals surface area contributed by atoms with Crippen molar-refractivity contribution in [3.63, 3.8) is 0 Å². The molecule has 0 aliphatic rings. The quantitative estimate of drug-likeness (QED) is 0.488. The van der Waals surface area contributed by atoms with Gasteiger partial charge in [-0.25, -0.2) is 13.6 Å². The van der Waals surface area contributed by atoms with Crippen LogP contribution in [0.2, 0.25) is 0 Å². The van der Waals surface area contributed by atoms with E-state index < -0.39 is 46.4 Å². The maximum absolute atomic E-state index is 13.0. The highest BCUT2D eigenvalue weighted by Crippen LogP contribution is 2.37. The smallest absolute Gasteiger partial charge is 0.430 e. The van der Waals surface area contributed by atoms with Gasteiger partial charge in [0.25, 0.3) is 5.60 Å². The summed E-state index contributed by atoms with van der Waals surface area (Å²) in [5, 5.41) is 8.38. The second kappa shape index (κ2) is 6.67. The van der Waals surface area contributed by atoms with Crippen LogP contribution in [0.4, 0.5) is 27.6 Å². The van der Waals surface area contributed by atoms with E-state index in [1.807, 2.05) is 0 Å². The zero-order valence-corrected chi connectivity index (χ0v) is 12.0. The molecule has 11 heteroatoms. The van der Waals surface area contributed by atoms with Crippen LogP contribution in [-0.2, 0) is 14.3 Å². The highest BCUT2D eigenvalue weighted by atomic mass is 35.5. The summed E-state index contributed by atoms with van der Waals surface area (Å²) in [6.45, 7) is 0. The number of ether oxygens (including phenoxy) is 1. The van der Waals surface area contributed by atoms with Gasteiger partial charge in [0, 0.05) is 11.8 Å². The average Bonchev–Trinajstić information content (AvgIpc) is 2.47. The topological polar surface area (TPSA) is 75.6 Å². The Hall–Kier alpha value is -1.94. The molecule has 0 radical (unpaired) electrons. The van der Waals surface area contributed by atoms with Crippen molar-refractivity contribution in [1.29, 1.82) is 0 Å². The molecule has 0 aliphatic carbocycles. The van der Waals surface area contributed by atoms with Gasteiger partial charge in [0.1, 0.15) is 0 Å². The van der Waals surface area contributed by atoms with E-state index >= 15 is 0 Å². The largest absolute Gasteiger partial charge is 0.467 e. The molecule has 0 aliphatic heterocycles. The lowest BCUT2D eigenvalue weighted by atomic mass is 9.98. The number of rotatable bonds is 4. The molecule has 0 saturated heterocycles. The highest BCUT2D eigenvalue weighted by Gasteiger charge is 2.67. The standard InChI is InChI=1S/C12H9ClF5NO4/c1-23-10(21)11(22,12(16,17)18)8(13)9(20)19-5-2-3-6(14)7(15)4-5/h2-4,8,22H,1H3,(H,19,20). The van der Waals surface area contributed by atoms with Crippen molar-refractivity contribution >= 4 is 29.2 Å². The lowest BCUT2D eigenvalue weighted by molar-refractivity contribution is -0.260. The maximum atomic E-state index is 13.0. The number of esters is 1. The minimum absolute atomic E-state index is 0.436. The Morgan fingerprint density at radius 2 is 1.83 bits per heavy atom. The van der Waals surface area contributed by atoms with E-state index in [2.05, 4.69) is 4.74 Å². The lowest BCUT2D eigenvalue weighted by Crippen LogP contribution is -2.62. The zero-order chi connectivity index (χ0) is 18.0. The summed E-state index contributed by atoms with van der Waals surface area (Å²) in [6.07, 6.45) is -5.63. The third-order valence-electron chi connectivity index (χ3n) is 2.71. The molecular weight excluding hydrogens is 353 g/mol. The molecule has 23 heavy (non-hydrogen) atoms. The van der Waals surface area contributed by atoms with E-state index in [9.17, 15) is 36.6 Å². The molecule has 1 aromatic carbocycles. The Labute approximate surface area is 131 Å². The molecule has 1 aromatic rings. The number of aliphatic hydroxyl groups is 1. The van der Waals surface area contributed by atoms with Crippen molar-refractivity contribution in [3.05, 3.63) is 29.8 Å². The number of carbonyl (C=O) groups is 2. The highest BCUT2D eigenvalue weighted by molar-refractivity contribution is 6.35. The van der Waals surface area contributed by atoms with Gasteiger partial charge >= 0.3 is 12.1 Å². The first kappa shape index (κ1) is 19.1. The summed E-state index contributed by atoms with van der Waals surface area (Å²) < 4.78 is 68.2. The molecule has 0 aromatic heterocycles. The zero-order valence-electron chi connectivity index (χ0n) is 11.2. The Balaban J connectivity index is 3.09. The minimum atomic E-state index is -5.63. The molecule has 1 rings (SSSR count). The predicted octanol–water partition coefficient (Wildman–Crippen LogP) is 1.98.